The summed E-state index contributed by atoms with van der Waals surface area (Å²) in [6.45, 7) is 5.54. The van der Waals surface area contributed by atoms with E-state index in [1.54, 1.807) is 6.08 Å². The summed E-state index contributed by atoms with van der Waals surface area (Å²) in [4.78, 5) is 58.3. The molecule has 4 saturated heterocycles. The summed E-state index contributed by atoms with van der Waals surface area (Å²) >= 11 is 0. The minimum atomic E-state index is -1.24. The number of amides is 2. The van der Waals surface area contributed by atoms with E-state index < -0.39 is 22.3 Å². The van der Waals surface area contributed by atoms with Crippen LogP contribution >= 0.6 is 0 Å². The number of aliphatic hydroxyl groups is 1. The van der Waals surface area contributed by atoms with Gasteiger partial charge in [-0.2, -0.15) is 9.59 Å². The van der Waals surface area contributed by atoms with Gasteiger partial charge >= 0.3 is 12.1 Å². The minimum Gasteiger partial charge on any atom is -0.444 e. The predicted molar refractivity (Wildman–Crippen MR) is 211 cm³/mol. The highest BCUT2D eigenvalue weighted by atomic mass is 16.6. The number of hydrogen-bond acceptors (Lipinski definition) is 7. The first kappa shape index (κ1) is 39.2. The van der Waals surface area contributed by atoms with Crippen LogP contribution < -0.4 is 0 Å². The zero-order valence-electron chi connectivity index (χ0n) is 32.6. The zero-order chi connectivity index (χ0) is 39.6. The lowest BCUT2D eigenvalue weighted by Crippen LogP contribution is -2.63. The number of carbonyl (C=O) groups is 3. The second-order valence-electron chi connectivity index (χ2n) is 16.3. The van der Waals surface area contributed by atoms with Crippen LogP contribution in [0.2, 0.25) is 0 Å². The van der Waals surface area contributed by atoms with E-state index in [0.29, 0.717) is 31.1 Å². The molecule has 9 rings (SSSR count). The molecule has 2 saturated carbocycles. The molecular formula is C47H52N2O7. The van der Waals surface area contributed by atoms with Gasteiger partial charge in [-0.3, -0.25) is 9.59 Å². The fourth-order valence-corrected chi connectivity index (χ4v) is 11.6. The van der Waals surface area contributed by atoms with Crippen LogP contribution in [0.15, 0.2) is 83.5 Å². The lowest BCUT2D eigenvalue weighted by molar-refractivity contribution is -0.191. The van der Waals surface area contributed by atoms with E-state index in [4.69, 9.17) is 14.3 Å². The molecule has 292 valence electrons. The van der Waals surface area contributed by atoms with Gasteiger partial charge < -0.3 is 19.6 Å². The molecule has 2 aromatic rings. The Morgan fingerprint density at radius 2 is 1.27 bits per heavy atom. The van der Waals surface area contributed by atoms with Crippen LogP contribution in [-0.2, 0) is 28.7 Å². The molecule has 2 aromatic carbocycles. The van der Waals surface area contributed by atoms with Crippen LogP contribution in [-0.4, -0.2) is 74.2 Å². The molecule has 6 fully saturated rings. The summed E-state index contributed by atoms with van der Waals surface area (Å²) in [7, 11) is 0. The smallest absolute Gasteiger partial charge is 0.373 e. The van der Waals surface area contributed by atoms with Crippen molar-refractivity contribution in [2.75, 3.05) is 13.1 Å². The highest BCUT2D eigenvalue weighted by Crippen LogP contribution is 2.64. The Morgan fingerprint density at radius 3 is 1.80 bits per heavy atom. The van der Waals surface area contributed by atoms with Crippen LogP contribution in [0.5, 0.6) is 0 Å². The summed E-state index contributed by atoms with van der Waals surface area (Å²) < 4.78 is 6.19. The Kier molecular flexibility index (Phi) is 11.1. The van der Waals surface area contributed by atoms with Crippen molar-refractivity contribution in [1.29, 1.82) is 0 Å². The molecule has 0 radical (unpaired) electrons. The minimum absolute atomic E-state index is 0.189. The third-order valence-corrected chi connectivity index (χ3v) is 13.7. The predicted octanol–water partition coefficient (Wildman–Crippen LogP) is 7.07. The van der Waals surface area contributed by atoms with Crippen LogP contribution in [0.4, 0.5) is 0 Å². The molecule has 5 heterocycles. The summed E-state index contributed by atoms with van der Waals surface area (Å²) in [5.41, 5.74) is 2.32. The quantitative estimate of drug-likeness (QED) is 0.257. The van der Waals surface area contributed by atoms with Crippen molar-refractivity contribution in [3.05, 3.63) is 94.6 Å². The first-order valence-electron chi connectivity index (χ1n) is 20.4. The van der Waals surface area contributed by atoms with Gasteiger partial charge in [-0.1, -0.05) is 98.5 Å². The summed E-state index contributed by atoms with van der Waals surface area (Å²) in [6, 6.07) is 20.4. The lowest BCUT2D eigenvalue weighted by atomic mass is 9.70. The monoisotopic (exact) mass is 756 g/mol. The normalized spacial score (nSPS) is 34.0. The van der Waals surface area contributed by atoms with Gasteiger partial charge in [0.05, 0.1) is 11.1 Å². The van der Waals surface area contributed by atoms with E-state index in [-0.39, 0.29) is 23.9 Å². The Balaban J connectivity index is 0.000000161. The van der Waals surface area contributed by atoms with Crippen molar-refractivity contribution in [3.8, 4) is 11.8 Å². The van der Waals surface area contributed by atoms with E-state index in [1.165, 1.54) is 0 Å². The number of ether oxygens (including phenoxy) is 1. The fourth-order valence-electron chi connectivity index (χ4n) is 11.6. The summed E-state index contributed by atoms with van der Waals surface area (Å²) in [5.74, 6) is 7.15. The molecule has 0 aromatic heterocycles. The maximum absolute atomic E-state index is 12.8. The number of benzene rings is 2. The molecule has 2 amide bonds. The van der Waals surface area contributed by atoms with Gasteiger partial charge in [-0.25, -0.2) is 4.79 Å². The van der Waals surface area contributed by atoms with Crippen molar-refractivity contribution in [1.82, 2.24) is 9.80 Å². The lowest BCUT2D eigenvalue weighted by Gasteiger charge is -2.49. The maximum Gasteiger partial charge on any atom is 0.373 e. The van der Waals surface area contributed by atoms with Crippen molar-refractivity contribution < 1.29 is 33.8 Å². The van der Waals surface area contributed by atoms with E-state index >= 15 is 0 Å². The number of nitrogens with zero attached hydrogens (tertiary/aromatic N) is 2. The molecule has 9 heteroatoms. The maximum atomic E-state index is 12.8. The number of rotatable bonds is 2. The van der Waals surface area contributed by atoms with Gasteiger partial charge in [0.25, 0.3) is 0 Å². The topological polar surface area (TPSA) is 121 Å². The largest absolute Gasteiger partial charge is 0.444 e. The van der Waals surface area contributed by atoms with Gasteiger partial charge in [-0.05, 0) is 98.0 Å². The van der Waals surface area contributed by atoms with E-state index in [2.05, 4.69) is 53.2 Å². The van der Waals surface area contributed by atoms with Gasteiger partial charge in [0.2, 0.25) is 11.8 Å². The average molecular weight is 757 g/mol. The number of carbonyl (C=O) groups excluding carboxylic acids is 5. The standard InChI is InChI=1S/C23H25NO3.C23H27NO2.CO2/c1-16-13-21(26)27-23(16)19(14-17-7-3-2-4-8-17)15-18-9-5-6-12-24-20(25)10-11-22(18,23)24;1-2-3-13-23(26)20(16-18-9-5-4-6-10-18)17-19-11-7-8-15-24-21(25)12-14-22(19,23)24;2-1-3/h2-4,7-8,13-14,18H,5-6,9-12,15H2,1H3;4-6,9-10,16,19,26H,2,7-8,11-12,14-15,17H2,1H3;/b19-14+;20-16+;/t18-,22+,23+;19-,22+,23+;/m00./s1. The van der Waals surface area contributed by atoms with Gasteiger partial charge in [0, 0.05) is 38.4 Å². The molecule has 56 heavy (non-hydrogen) atoms. The summed E-state index contributed by atoms with van der Waals surface area (Å²) in [5, 5.41) is 12.0. The first-order chi connectivity index (χ1) is 27.1. The van der Waals surface area contributed by atoms with E-state index in [0.717, 1.165) is 105 Å². The van der Waals surface area contributed by atoms with Crippen LogP contribution in [0.3, 0.4) is 0 Å². The molecule has 9 nitrogen and oxygen atoms in total. The Bertz CT molecular complexity index is 2040. The zero-order valence-corrected chi connectivity index (χ0v) is 32.6. The highest BCUT2D eigenvalue weighted by molar-refractivity contribution is 5.90. The first-order valence-corrected chi connectivity index (χ1v) is 20.4. The molecule has 7 aliphatic rings. The summed E-state index contributed by atoms with van der Waals surface area (Å²) in [6.07, 6.45) is 17.7. The van der Waals surface area contributed by atoms with Gasteiger partial charge in [0.15, 0.2) is 11.2 Å². The molecule has 2 aliphatic carbocycles. The molecular weight excluding hydrogens is 705 g/mol. The van der Waals surface area contributed by atoms with Crippen molar-refractivity contribution >= 4 is 36.1 Å². The average Bonchev–Trinajstić information content (AvgIpc) is 3.86. The third-order valence-electron chi connectivity index (χ3n) is 13.7. The Labute approximate surface area is 329 Å². The van der Waals surface area contributed by atoms with Crippen molar-refractivity contribution in [2.45, 2.75) is 120 Å². The number of hydrogen-bond donors (Lipinski definition) is 1. The highest BCUT2D eigenvalue weighted by Gasteiger charge is 2.72. The van der Waals surface area contributed by atoms with E-state index in [1.807, 2.05) is 55.1 Å². The second-order valence-corrected chi connectivity index (χ2v) is 16.3. The van der Waals surface area contributed by atoms with Crippen molar-refractivity contribution in [2.24, 2.45) is 11.8 Å². The molecule has 6 atom stereocenters. The fraction of sp³-hybridized carbons (Fsp3) is 0.489. The molecule has 0 unspecified atom stereocenters. The second kappa shape index (κ2) is 15.8. The SMILES string of the molecule is CC1=CC(=O)O[C@@]12/C(=C/c1ccccc1)C[C@@H]1CCCCN3C(=O)CC[C@]132.CCC#C[C@@]1(O)/C(=C/c2ccccc2)C[C@@H]2CCCCN3C(=O)CC[C@]231.O=C=O. The van der Waals surface area contributed by atoms with E-state index in [9.17, 15) is 19.5 Å². The van der Waals surface area contributed by atoms with Gasteiger partial charge in [-0.15, -0.1) is 5.92 Å². The van der Waals surface area contributed by atoms with Crippen LogP contribution in [0, 0.1) is 23.7 Å². The number of esters is 1. The molecule has 0 bridgehead atoms. The van der Waals surface area contributed by atoms with Gasteiger partial charge in [0.1, 0.15) is 0 Å². The Morgan fingerprint density at radius 1 is 0.768 bits per heavy atom. The third kappa shape index (κ3) is 6.19. The molecule has 1 N–H and O–H groups in total. The van der Waals surface area contributed by atoms with Crippen molar-refractivity contribution in [3.63, 3.8) is 0 Å². The molecule has 3 spiro atoms. The molecule has 5 aliphatic heterocycles. The van der Waals surface area contributed by atoms with Crippen LogP contribution in [0.25, 0.3) is 12.2 Å². The van der Waals surface area contributed by atoms with Crippen LogP contribution in [0.1, 0.15) is 108 Å². The Hall–Kier alpha value is -5.03.